The Morgan fingerprint density at radius 2 is 1.41 bits per heavy atom. The number of nitrogens with zero attached hydrogens (tertiary/aromatic N) is 2. The van der Waals surface area contributed by atoms with Gasteiger partial charge in [0.1, 0.15) is 11.3 Å². The number of hydrogen-bond acceptors (Lipinski definition) is 6. The number of amides is 2. The monoisotopic (exact) mass is 472 g/mol. The van der Waals surface area contributed by atoms with Gasteiger partial charge in [0.2, 0.25) is 6.79 Å². The maximum atomic E-state index is 13.7. The normalized spacial score (nSPS) is 15.1. The number of ether oxygens (including phenoxy) is 3. The van der Waals surface area contributed by atoms with Crippen LogP contribution in [0.3, 0.4) is 0 Å². The molecule has 2 amide bonds. The minimum absolute atomic E-state index is 0.0545. The summed E-state index contributed by atoms with van der Waals surface area (Å²) in [5.41, 5.74) is 1.60. The third-order valence-electron chi connectivity index (χ3n) is 5.38. The molecule has 1 fully saturated rings. The van der Waals surface area contributed by atoms with Gasteiger partial charge in [-0.25, -0.2) is 0 Å². The first-order valence-electron chi connectivity index (χ1n) is 10.7. The van der Waals surface area contributed by atoms with Crippen LogP contribution < -0.4 is 24.0 Å². The van der Waals surface area contributed by atoms with Gasteiger partial charge in [-0.2, -0.15) is 0 Å². The van der Waals surface area contributed by atoms with Crippen LogP contribution in [0.25, 0.3) is 6.08 Å². The van der Waals surface area contributed by atoms with Gasteiger partial charge in [0.15, 0.2) is 16.6 Å². The largest absolute Gasteiger partial charge is 0.493 e. The highest BCUT2D eigenvalue weighted by Gasteiger charge is 2.41. The molecule has 0 aromatic heterocycles. The van der Waals surface area contributed by atoms with E-state index in [1.165, 1.54) is 15.9 Å². The predicted molar refractivity (Wildman–Crippen MR) is 132 cm³/mol. The van der Waals surface area contributed by atoms with Gasteiger partial charge >= 0.3 is 0 Å². The van der Waals surface area contributed by atoms with Crippen molar-refractivity contribution in [2.24, 2.45) is 0 Å². The average molecular weight is 473 g/mol. The molecular formula is C26H20N2O5S. The minimum Gasteiger partial charge on any atom is -0.493 e. The van der Waals surface area contributed by atoms with Gasteiger partial charge in [-0.05, 0) is 55.5 Å². The van der Waals surface area contributed by atoms with Crippen LogP contribution in [0.2, 0.25) is 0 Å². The lowest BCUT2D eigenvalue weighted by Gasteiger charge is -2.36. The van der Waals surface area contributed by atoms with Gasteiger partial charge in [-0.15, -0.1) is 0 Å². The first kappa shape index (κ1) is 21.7. The number of fused-ring (bicyclic) bond motifs is 1. The number of hydrogen-bond donors (Lipinski definition) is 0. The number of anilines is 2. The van der Waals surface area contributed by atoms with Crippen LogP contribution in [-0.4, -0.2) is 30.3 Å². The van der Waals surface area contributed by atoms with Gasteiger partial charge in [-0.3, -0.25) is 19.4 Å². The molecule has 2 heterocycles. The van der Waals surface area contributed by atoms with E-state index in [0.717, 1.165) is 0 Å². The topological polar surface area (TPSA) is 68.3 Å². The molecule has 0 unspecified atom stereocenters. The van der Waals surface area contributed by atoms with Crippen molar-refractivity contribution in [1.29, 1.82) is 0 Å². The highest BCUT2D eigenvalue weighted by atomic mass is 32.1. The summed E-state index contributed by atoms with van der Waals surface area (Å²) in [4.78, 5) is 30.0. The molecule has 3 aromatic rings. The molecule has 0 spiro atoms. The minimum atomic E-state index is -0.520. The number of carbonyl (C=O) groups excluding carboxylic acids is 2. The zero-order valence-electron chi connectivity index (χ0n) is 18.3. The SMILES string of the molecule is CCOc1cc2c(cc1C=C1C(=O)N(c3ccccc3)C(=S)N(c3ccccc3)C1=O)OCO2. The van der Waals surface area contributed by atoms with Crippen molar-refractivity contribution in [3.05, 3.63) is 83.9 Å². The average Bonchev–Trinajstić information content (AvgIpc) is 3.31. The van der Waals surface area contributed by atoms with E-state index in [0.29, 0.717) is 40.8 Å². The lowest BCUT2D eigenvalue weighted by molar-refractivity contribution is -0.120. The summed E-state index contributed by atoms with van der Waals surface area (Å²) in [6, 6.07) is 21.4. The highest BCUT2D eigenvalue weighted by molar-refractivity contribution is 7.81. The van der Waals surface area contributed by atoms with Crippen LogP contribution in [-0.2, 0) is 9.59 Å². The molecule has 0 saturated carbocycles. The lowest BCUT2D eigenvalue weighted by Crippen LogP contribution is -2.56. The Morgan fingerprint density at radius 1 is 0.882 bits per heavy atom. The van der Waals surface area contributed by atoms with Crippen molar-refractivity contribution in [2.75, 3.05) is 23.2 Å². The van der Waals surface area contributed by atoms with E-state index in [1.807, 2.05) is 43.3 Å². The first-order chi connectivity index (χ1) is 16.6. The Labute approximate surface area is 201 Å². The van der Waals surface area contributed by atoms with Crippen LogP contribution in [0.15, 0.2) is 78.4 Å². The molecule has 8 heteroatoms. The van der Waals surface area contributed by atoms with Crippen molar-refractivity contribution in [2.45, 2.75) is 6.92 Å². The van der Waals surface area contributed by atoms with E-state index in [4.69, 9.17) is 26.4 Å². The summed E-state index contributed by atoms with van der Waals surface area (Å²) < 4.78 is 16.7. The number of rotatable bonds is 5. The smallest absolute Gasteiger partial charge is 0.270 e. The molecule has 170 valence electrons. The molecule has 0 N–H and O–H groups in total. The third-order valence-corrected chi connectivity index (χ3v) is 5.75. The molecule has 34 heavy (non-hydrogen) atoms. The predicted octanol–water partition coefficient (Wildman–Crippen LogP) is 4.56. The zero-order valence-corrected chi connectivity index (χ0v) is 19.1. The third kappa shape index (κ3) is 3.78. The van der Waals surface area contributed by atoms with Gasteiger partial charge in [-0.1, -0.05) is 36.4 Å². The molecule has 1 saturated heterocycles. The van der Waals surface area contributed by atoms with E-state index in [1.54, 1.807) is 36.4 Å². The van der Waals surface area contributed by atoms with Crippen molar-refractivity contribution in [3.8, 4) is 17.2 Å². The lowest BCUT2D eigenvalue weighted by atomic mass is 10.0. The summed E-state index contributed by atoms with van der Waals surface area (Å²) >= 11 is 5.64. The van der Waals surface area contributed by atoms with E-state index < -0.39 is 11.8 Å². The van der Waals surface area contributed by atoms with Crippen LogP contribution in [0.5, 0.6) is 17.2 Å². The molecule has 2 aliphatic rings. The fourth-order valence-corrected chi connectivity index (χ4v) is 4.20. The maximum absolute atomic E-state index is 13.7. The molecule has 5 rings (SSSR count). The van der Waals surface area contributed by atoms with Crippen molar-refractivity contribution >= 4 is 46.6 Å². The Bertz CT molecular complexity index is 1240. The van der Waals surface area contributed by atoms with Crippen LogP contribution in [0.1, 0.15) is 12.5 Å². The van der Waals surface area contributed by atoms with Gasteiger partial charge < -0.3 is 14.2 Å². The molecule has 0 radical (unpaired) electrons. The molecule has 3 aromatic carbocycles. The van der Waals surface area contributed by atoms with Crippen molar-refractivity contribution < 1.29 is 23.8 Å². The number of para-hydroxylation sites is 2. The Hall–Kier alpha value is -4.17. The number of carbonyl (C=O) groups is 2. The highest BCUT2D eigenvalue weighted by Crippen LogP contribution is 2.40. The fourth-order valence-electron chi connectivity index (χ4n) is 3.83. The quantitative estimate of drug-likeness (QED) is 0.308. The second kappa shape index (κ2) is 8.99. The summed E-state index contributed by atoms with van der Waals surface area (Å²) in [6.45, 7) is 2.34. The first-order valence-corrected chi connectivity index (χ1v) is 11.1. The second-order valence-electron chi connectivity index (χ2n) is 7.47. The van der Waals surface area contributed by atoms with Crippen LogP contribution in [0, 0.1) is 0 Å². The standard InChI is InChI=1S/C26H20N2O5S/c1-2-31-21-15-23-22(32-16-33-23)14-17(21)13-20-24(29)27(18-9-5-3-6-10-18)26(34)28(25(20)30)19-11-7-4-8-12-19/h3-15H,2,16H2,1H3. The molecular weight excluding hydrogens is 452 g/mol. The summed E-state index contributed by atoms with van der Waals surface area (Å²) in [7, 11) is 0. The zero-order chi connectivity index (χ0) is 23.7. The Kier molecular flexibility index (Phi) is 5.73. The summed E-state index contributed by atoms with van der Waals surface area (Å²) in [5.74, 6) is 0.499. The maximum Gasteiger partial charge on any atom is 0.270 e. The number of thiocarbonyl (C=S) groups is 1. The van der Waals surface area contributed by atoms with E-state index in [2.05, 4.69) is 0 Å². The Balaban J connectivity index is 1.67. The van der Waals surface area contributed by atoms with Crippen molar-refractivity contribution in [3.63, 3.8) is 0 Å². The summed E-state index contributed by atoms with van der Waals surface area (Å²) in [6.07, 6.45) is 1.52. The fraction of sp³-hybridized carbons (Fsp3) is 0.115. The second-order valence-corrected chi connectivity index (χ2v) is 7.83. The number of benzene rings is 3. The van der Waals surface area contributed by atoms with E-state index >= 15 is 0 Å². The van der Waals surface area contributed by atoms with Gasteiger partial charge in [0.25, 0.3) is 11.8 Å². The van der Waals surface area contributed by atoms with Crippen molar-refractivity contribution in [1.82, 2.24) is 0 Å². The van der Waals surface area contributed by atoms with Gasteiger partial charge in [0.05, 0.1) is 18.0 Å². The van der Waals surface area contributed by atoms with E-state index in [-0.39, 0.29) is 17.5 Å². The molecule has 0 atom stereocenters. The van der Waals surface area contributed by atoms with Crippen LogP contribution in [0.4, 0.5) is 11.4 Å². The van der Waals surface area contributed by atoms with E-state index in [9.17, 15) is 9.59 Å². The molecule has 0 aliphatic carbocycles. The van der Waals surface area contributed by atoms with Crippen LogP contribution >= 0.6 is 12.2 Å². The Morgan fingerprint density at radius 3 is 1.94 bits per heavy atom. The molecule has 0 bridgehead atoms. The molecule has 2 aliphatic heterocycles. The van der Waals surface area contributed by atoms with Gasteiger partial charge in [0, 0.05) is 11.6 Å². The molecule has 7 nitrogen and oxygen atoms in total. The summed E-state index contributed by atoms with van der Waals surface area (Å²) in [5, 5.41) is 0.0836.